The van der Waals surface area contributed by atoms with Gasteiger partial charge in [0, 0.05) is 45.7 Å². The van der Waals surface area contributed by atoms with Crippen molar-refractivity contribution in [3.8, 4) is 0 Å². The molecule has 0 radical (unpaired) electrons. The summed E-state index contributed by atoms with van der Waals surface area (Å²) in [6.45, 7) is 3.50. The van der Waals surface area contributed by atoms with Gasteiger partial charge in [0.1, 0.15) is 0 Å². The van der Waals surface area contributed by atoms with Crippen molar-refractivity contribution in [3.63, 3.8) is 0 Å². The van der Waals surface area contributed by atoms with E-state index in [0.29, 0.717) is 45.4 Å². The highest BCUT2D eigenvalue weighted by Gasteiger charge is 2.46. The molecule has 0 atom stereocenters. The number of hydrogen-bond acceptors (Lipinski definition) is 4. The molecule has 9 heteroatoms. The number of fused-ring (bicyclic) bond motifs is 2. The average Bonchev–Trinajstić information content (AvgIpc) is 2.62. The Kier molecular flexibility index (Phi) is 5.71. The van der Waals surface area contributed by atoms with Crippen molar-refractivity contribution in [3.05, 3.63) is 35.4 Å². The summed E-state index contributed by atoms with van der Waals surface area (Å²) in [7, 11) is -3.69. The Balaban J connectivity index is 1.93. The summed E-state index contributed by atoms with van der Waals surface area (Å²) in [4.78, 5) is 0. The lowest BCUT2D eigenvalue weighted by molar-refractivity contribution is 0.173. The topological polar surface area (TPSA) is 78.0 Å². The molecule has 1 aromatic carbocycles. The van der Waals surface area contributed by atoms with Crippen LogP contribution in [0.15, 0.2) is 24.3 Å². The van der Waals surface area contributed by atoms with Crippen LogP contribution in [0.3, 0.4) is 0 Å². The largest absolute Gasteiger partial charge is 0.281 e. The van der Waals surface area contributed by atoms with Crippen LogP contribution in [-0.4, -0.2) is 69.2 Å². The number of benzene rings is 1. The molecule has 0 N–H and O–H groups in total. The van der Waals surface area contributed by atoms with Crippen LogP contribution in [0.25, 0.3) is 0 Å². The van der Waals surface area contributed by atoms with Gasteiger partial charge in [0.15, 0.2) is 0 Å². The van der Waals surface area contributed by atoms with E-state index in [-0.39, 0.29) is 11.2 Å². The summed E-state index contributed by atoms with van der Waals surface area (Å²) >= 11 is 0. The van der Waals surface area contributed by atoms with E-state index in [1.54, 1.807) is 4.31 Å². The Morgan fingerprint density at radius 3 is 2.26 bits per heavy atom. The fourth-order valence-electron chi connectivity index (χ4n) is 4.23. The minimum atomic E-state index is -3.45. The lowest BCUT2D eigenvalue weighted by Gasteiger charge is -2.48. The molecule has 0 aromatic heterocycles. The molecule has 2 aliphatic rings. The van der Waals surface area contributed by atoms with E-state index in [9.17, 15) is 16.8 Å². The van der Waals surface area contributed by atoms with Crippen molar-refractivity contribution >= 4 is 20.2 Å². The van der Waals surface area contributed by atoms with Gasteiger partial charge < -0.3 is 0 Å². The van der Waals surface area contributed by atoms with E-state index < -0.39 is 20.2 Å². The van der Waals surface area contributed by atoms with Gasteiger partial charge in [0.25, 0.3) is 10.2 Å². The third-order valence-corrected chi connectivity index (χ3v) is 9.65. The SMILES string of the molecule is CCCS(=O)(=O)N1Cc2ccccc2C2(CCN(S(=O)(=O)N(C)C)CC2)C1. The normalized spacial score (nSPS) is 21.5. The molecule has 1 saturated heterocycles. The van der Waals surface area contributed by atoms with Crippen LogP contribution in [0, 0.1) is 0 Å². The van der Waals surface area contributed by atoms with Gasteiger partial charge in [0.05, 0.1) is 5.75 Å². The number of sulfonamides is 1. The summed E-state index contributed by atoms with van der Waals surface area (Å²) in [6, 6.07) is 8.00. The summed E-state index contributed by atoms with van der Waals surface area (Å²) in [5.74, 6) is 0.145. The number of nitrogens with zero attached hydrogens (tertiary/aromatic N) is 3. The second-order valence-corrected chi connectivity index (χ2v) is 11.9. The number of rotatable bonds is 5. The third-order valence-electron chi connectivity index (χ3n) is 5.74. The monoisotopic (exact) mass is 415 g/mol. The molecule has 0 aliphatic carbocycles. The fourth-order valence-corrected chi connectivity index (χ4v) is 6.89. The molecule has 0 unspecified atom stereocenters. The summed E-state index contributed by atoms with van der Waals surface area (Å²) in [6.07, 6.45) is 1.83. The molecule has 3 rings (SSSR count). The van der Waals surface area contributed by atoms with Gasteiger partial charge in [-0.25, -0.2) is 8.42 Å². The molecule has 1 fully saturated rings. The molecule has 2 heterocycles. The predicted octanol–water partition coefficient (Wildman–Crippen LogP) is 1.38. The maximum Gasteiger partial charge on any atom is 0.281 e. The summed E-state index contributed by atoms with van der Waals surface area (Å²) < 4.78 is 54.7. The first-order valence-corrected chi connectivity index (χ1v) is 12.4. The predicted molar refractivity (Wildman–Crippen MR) is 106 cm³/mol. The molecule has 0 amide bonds. The molecule has 1 spiro atoms. The fraction of sp³-hybridized carbons (Fsp3) is 0.667. The highest BCUT2D eigenvalue weighted by Crippen LogP contribution is 2.43. The summed E-state index contributed by atoms with van der Waals surface area (Å²) in [5.41, 5.74) is 1.88. The van der Waals surface area contributed by atoms with Gasteiger partial charge in [-0.05, 0) is 30.4 Å². The van der Waals surface area contributed by atoms with Gasteiger partial charge in [0.2, 0.25) is 10.0 Å². The first-order chi connectivity index (χ1) is 12.6. The minimum Gasteiger partial charge on any atom is -0.212 e. The highest BCUT2D eigenvalue weighted by molar-refractivity contribution is 7.89. The third kappa shape index (κ3) is 3.80. The van der Waals surface area contributed by atoms with Crippen molar-refractivity contribution in [1.29, 1.82) is 0 Å². The van der Waals surface area contributed by atoms with Crippen LogP contribution < -0.4 is 0 Å². The second-order valence-electron chi connectivity index (χ2n) is 7.71. The molecule has 7 nitrogen and oxygen atoms in total. The molecule has 0 saturated carbocycles. The van der Waals surface area contributed by atoms with E-state index in [1.807, 2.05) is 25.1 Å². The molecule has 2 aliphatic heterocycles. The zero-order valence-corrected chi connectivity index (χ0v) is 17.9. The zero-order chi connectivity index (χ0) is 19.9. The summed E-state index contributed by atoms with van der Waals surface area (Å²) in [5, 5.41) is 0. The smallest absolute Gasteiger partial charge is 0.212 e. The van der Waals surface area contributed by atoms with Crippen LogP contribution in [0.1, 0.15) is 37.3 Å². The Morgan fingerprint density at radius 2 is 1.67 bits per heavy atom. The first-order valence-electron chi connectivity index (χ1n) is 9.36. The molecule has 152 valence electrons. The average molecular weight is 416 g/mol. The van der Waals surface area contributed by atoms with E-state index in [2.05, 4.69) is 6.07 Å². The Labute approximate surface area is 163 Å². The quantitative estimate of drug-likeness (QED) is 0.728. The van der Waals surface area contributed by atoms with E-state index in [1.165, 1.54) is 28.3 Å². The van der Waals surface area contributed by atoms with Gasteiger partial charge in [-0.15, -0.1) is 0 Å². The number of hydrogen-bond donors (Lipinski definition) is 0. The van der Waals surface area contributed by atoms with Crippen LogP contribution in [-0.2, 0) is 32.2 Å². The minimum absolute atomic E-state index is 0.145. The van der Waals surface area contributed by atoms with Crippen LogP contribution in [0.4, 0.5) is 0 Å². The zero-order valence-electron chi connectivity index (χ0n) is 16.3. The Bertz CT molecular complexity index is 889. The van der Waals surface area contributed by atoms with Crippen molar-refractivity contribution in [1.82, 2.24) is 12.9 Å². The van der Waals surface area contributed by atoms with Gasteiger partial charge in [-0.2, -0.15) is 21.3 Å². The van der Waals surface area contributed by atoms with Crippen LogP contribution >= 0.6 is 0 Å². The Morgan fingerprint density at radius 1 is 1.04 bits per heavy atom. The molecule has 0 bridgehead atoms. The molecule has 1 aromatic rings. The van der Waals surface area contributed by atoms with Gasteiger partial charge in [-0.3, -0.25) is 0 Å². The Hall–Kier alpha value is -1.00. The van der Waals surface area contributed by atoms with E-state index in [4.69, 9.17) is 0 Å². The van der Waals surface area contributed by atoms with Crippen LogP contribution in [0.5, 0.6) is 0 Å². The first kappa shape index (κ1) is 20.7. The van der Waals surface area contributed by atoms with Gasteiger partial charge in [-0.1, -0.05) is 31.2 Å². The maximum absolute atomic E-state index is 12.7. The molecule has 27 heavy (non-hydrogen) atoms. The molecular formula is C18H29N3O4S2. The van der Waals surface area contributed by atoms with Crippen molar-refractivity contribution in [2.24, 2.45) is 0 Å². The standard InChI is InChI=1S/C18H29N3O4S2/c1-4-13-26(22,23)21-14-16-7-5-6-8-17(16)18(15-21)9-11-20(12-10-18)27(24,25)19(2)3/h5-8H,4,9-15H2,1-3H3. The van der Waals surface area contributed by atoms with Crippen molar-refractivity contribution in [2.45, 2.75) is 38.1 Å². The van der Waals surface area contributed by atoms with Crippen molar-refractivity contribution < 1.29 is 16.8 Å². The lowest BCUT2D eigenvalue weighted by atomic mass is 9.70. The van der Waals surface area contributed by atoms with E-state index >= 15 is 0 Å². The lowest BCUT2D eigenvalue weighted by Crippen LogP contribution is -2.55. The van der Waals surface area contributed by atoms with Crippen molar-refractivity contribution in [2.75, 3.05) is 39.5 Å². The van der Waals surface area contributed by atoms with E-state index in [0.717, 1.165) is 5.56 Å². The van der Waals surface area contributed by atoms with Gasteiger partial charge >= 0.3 is 0 Å². The number of piperidine rings is 1. The highest BCUT2D eigenvalue weighted by atomic mass is 32.2. The van der Waals surface area contributed by atoms with Crippen LogP contribution in [0.2, 0.25) is 0 Å². The maximum atomic E-state index is 12.7. The second kappa shape index (κ2) is 7.44. The molecular weight excluding hydrogens is 386 g/mol.